The van der Waals surface area contributed by atoms with Gasteiger partial charge in [0.1, 0.15) is 10.9 Å². The van der Waals surface area contributed by atoms with Crippen molar-refractivity contribution in [2.45, 2.75) is 6.54 Å². The number of halogens is 1. The molecule has 1 heterocycles. The van der Waals surface area contributed by atoms with Crippen molar-refractivity contribution < 1.29 is 9.66 Å². The van der Waals surface area contributed by atoms with Crippen LogP contribution in [0.25, 0.3) is 0 Å². The highest BCUT2D eigenvalue weighted by molar-refractivity contribution is 6.29. The van der Waals surface area contributed by atoms with Crippen molar-refractivity contribution in [1.29, 1.82) is 0 Å². The van der Waals surface area contributed by atoms with Crippen LogP contribution in [-0.2, 0) is 6.54 Å². The Morgan fingerprint density at radius 3 is 2.81 bits per heavy atom. The van der Waals surface area contributed by atoms with E-state index >= 15 is 0 Å². The van der Waals surface area contributed by atoms with Gasteiger partial charge in [-0.3, -0.25) is 10.1 Å². The van der Waals surface area contributed by atoms with Crippen LogP contribution in [0.2, 0.25) is 5.15 Å². The van der Waals surface area contributed by atoms with Gasteiger partial charge in [-0.25, -0.2) is 4.98 Å². The number of methoxy groups -OCH3 is 1. The summed E-state index contributed by atoms with van der Waals surface area (Å²) in [5.74, 6) is 0.963. The van der Waals surface area contributed by atoms with E-state index in [4.69, 9.17) is 16.3 Å². The molecule has 0 spiro atoms. The molecule has 2 rings (SSSR count). The molecule has 2 aromatic rings. The van der Waals surface area contributed by atoms with Gasteiger partial charge in [-0.15, -0.1) is 0 Å². The Labute approximate surface area is 127 Å². The number of ether oxygens (including phenoxy) is 1. The number of hydrogen-bond acceptors (Lipinski definition) is 5. The van der Waals surface area contributed by atoms with Gasteiger partial charge in [0, 0.05) is 19.7 Å². The molecular weight excluding hydrogens is 294 g/mol. The summed E-state index contributed by atoms with van der Waals surface area (Å²) in [7, 11) is 3.32. The number of hydrogen-bond donors (Lipinski definition) is 0. The zero-order chi connectivity index (χ0) is 15.4. The van der Waals surface area contributed by atoms with Crippen LogP contribution in [0, 0.1) is 10.1 Å². The van der Waals surface area contributed by atoms with E-state index in [1.807, 2.05) is 24.3 Å². The summed E-state index contributed by atoms with van der Waals surface area (Å²) in [4.78, 5) is 16.3. The van der Waals surface area contributed by atoms with E-state index in [0.717, 1.165) is 11.3 Å². The summed E-state index contributed by atoms with van der Waals surface area (Å²) in [6.45, 7) is 0.450. The number of rotatable bonds is 5. The number of anilines is 1. The topological polar surface area (TPSA) is 68.5 Å². The molecule has 110 valence electrons. The molecular formula is C14H14ClN3O3. The first-order valence-corrected chi connectivity index (χ1v) is 6.54. The summed E-state index contributed by atoms with van der Waals surface area (Å²) in [5, 5.41) is 11.3. The molecule has 0 fully saturated rings. The van der Waals surface area contributed by atoms with Gasteiger partial charge in [0.05, 0.1) is 12.0 Å². The quantitative estimate of drug-likeness (QED) is 0.481. The maximum atomic E-state index is 11.1. The lowest BCUT2D eigenvalue weighted by Gasteiger charge is -2.18. The Morgan fingerprint density at radius 1 is 1.38 bits per heavy atom. The summed E-state index contributed by atoms with van der Waals surface area (Å²) in [6, 6.07) is 10.2. The van der Waals surface area contributed by atoms with Crippen LogP contribution in [-0.4, -0.2) is 24.1 Å². The standard InChI is InChI=1S/C14H14ClN3O3/c1-17(9-10-4-3-5-11(8-10)21-2)14-12(18(19)20)6-7-13(15)16-14/h3-8H,9H2,1-2H3. The van der Waals surface area contributed by atoms with E-state index < -0.39 is 4.92 Å². The van der Waals surface area contributed by atoms with E-state index in [-0.39, 0.29) is 16.7 Å². The molecule has 0 radical (unpaired) electrons. The zero-order valence-corrected chi connectivity index (χ0v) is 12.4. The third-order valence-corrected chi connectivity index (χ3v) is 3.14. The van der Waals surface area contributed by atoms with Crippen LogP contribution in [0.15, 0.2) is 36.4 Å². The number of nitrogens with zero attached hydrogens (tertiary/aromatic N) is 3. The van der Waals surface area contributed by atoms with Crippen molar-refractivity contribution in [2.24, 2.45) is 0 Å². The predicted octanol–water partition coefficient (Wildman–Crippen LogP) is 3.29. The van der Waals surface area contributed by atoms with Crippen molar-refractivity contribution in [2.75, 3.05) is 19.1 Å². The smallest absolute Gasteiger partial charge is 0.311 e. The molecule has 0 bridgehead atoms. The zero-order valence-electron chi connectivity index (χ0n) is 11.6. The largest absolute Gasteiger partial charge is 0.497 e. The number of pyridine rings is 1. The number of benzene rings is 1. The summed E-state index contributed by atoms with van der Waals surface area (Å²) in [6.07, 6.45) is 0. The fourth-order valence-corrected chi connectivity index (χ4v) is 2.10. The molecule has 7 heteroatoms. The van der Waals surface area contributed by atoms with Crippen LogP contribution in [0.3, 0.4) is 0 Å². The van der Waals surface area contributed by atoms with Gasteiger partial charge in [0.15, 0.2) is 0 Å². The molecule has 0 aliphatic rings. The highest BCUT2D eigenvalue weighted by Crippen LogP contribution is 2.28. The normalized spacial score (nSPS) is 10.2. The molecule has 0 aliphatic heterocycles. The second-order valence-electron chi connectivity index (χ2n) is 4.44. The molecule has 1 aromatic carbocycles. The minimum atomic E-state index is -0.471. The predicted molar refractivity (Wildman–Crippen MR) is 81.0 cm³/mol. The summed E-state index contributed by atoms with van der Waals surface area (Å²) in [5.41, 5.74) is 0.873. The first-order chi connectivity index (χ1) is 10.0. The van der Waals surface area contributed by atoms with E-state index in [1.165, 1.54) is 12.1 Å². The second kappa shape index (κ2) is 6.41. The molecule has 0 unspecified atom stereocenters. The van der Waals surface area contributed by atoms with E-state index in [1.54, 1.807) is 19.1 Å². The van der Waals surface area contributed by atoms with Crippen LogP contribution < -0.4 is 9.64 Å². The van der Waals surface area contributed by atoms with Crippen LogP contribution in [0.1, 0.15) is 5.56 Å². The Balaban J connectivity index is 2.29. The van der Waals surface area contributed by atoms with Gasteiger partial charge < -0.3 is 9.64 Å². The average molecular weight is 308 g/mol. The van der Waals surface area contributed by atoms with E-state index in [0.29, 0.717) is 6.54 Å². The van der Waals surface area contributed by atoms with Crippen molar-refractivity contribution in [3.05, 3.63) is 57.2 Å². The van der Waals surface area contributed by atoms with Crippen molar-refractivity contribution in [1.82, 2.24) is 4.98 Å². The lowest BCUT2D eigenvalue weighted by molar-refractivity contribution is -0.384. The molecule has 6 nitrogen and oxygen atoms in total. The third kappa shape index (κ3) is 3.61. The number of nitro groups is 1. The van der Waals surface area contributed by atoms with Gasteiger partial charge in [0.25, 0.3) is 0 Å². The minimum Gasteiger partial charge on any atom is -0.497 e. The highest BCUT2D eigenvalue weighted by atomic mass is 35.5. The van der Waals surface area contributed by atoms with Crippen molar-refractivity contribution in [3.63, 3.8) is 0 Å². The Kier molecular flexibility index (Phi) is 4.59. The molecule has 0 atom stereocenters. The number of aromatic nitrogens is 1. The first-order valence-electron chi connectivity index (χ1n) is 6.16. The average Bonchev–Trinajstić information content (AvgIpc) is 2.47. The molecule has 21 heavy (non-hydrogen) atoms. The molecule has 1 aromatic heterocycles. The second-order valence-corrected chi connectivity index (χ2v) is 4.83. The lowest BCUT2D eigenvalue weighted by Crippen LogP contribution is -2.19. The maximum absolute atomic E-state index is 11.1. The fraction of sp³-hybridized carbons (Fsp3) is 0.214. The molecule has 0 saturated carbocycles. The minimum absolute atomic E-state index is 0.0789. The SMILES string of the molecule is COc1cccc(CN(C)c2nc(Cl)ccc2[N+](=O)[O-])c1. The van der Waals surface area contributed by atoms with E-state index in [9.17, 15) is 10.1 Å². The van der Waals surface area contributed by atoms with Crippen molar-refractivity contribution >= 4 is 23.1 Å². The summed E-state index contributed by atoms with van der Waals surface area (Å²) < 4.78 is 5.16. The van der Waals surface area contributed by atoms with Gasteiger partial charge in [-0.2, -0.15) is 0 Å². The van der Waals surface area contributed by atoms with Crippen LogP contribution in [0.4, 0.5) is 11.5 Å². The van der Waals surface area contributed by atoms with Gasteiger partial charge in [0.2, 0.25) is 5.82 Å². The molecule has 0 N–H and O–H groups in total. The van der Waals surface area contributed by atoms with Crippen molar-refractivity contribution in [3.8, 4) is 5.75 Å². The Morgan fingerprint density at radius 2 is 2.14 bits per heavy atom. The highest BCUT2D eigenvalue weighted by Gasteiger charge is 2.19. The first kappa shape index (κ1) is 15.1. The van der Waals surface area contributed by atoms with E-state index in [2.05, 4.69) is 4.98 Å². The van der Waals surface area contributed by atoms with Gasteiger partial charge in [-0.1, -0.05) is 23.7 Å². The fourth-order valence-electron chi connectivity index (χ4n) is 1.96. The lowest BCUT2D eigenvalue weighted by atomic mass is 10.2. The van der Waals surface area contributed by atoms with Crippen LogP contribution >= 0.6 is 11.6 Å². The van der Waals surface area contributed by atoms with Crippen LogP contribution in [0.5, 0.6) is 5.75 Å². The Bertz CT molecular complexity index is 664. The monoisotopic (exact) mass is 307 g/mol. The van der Waals surface area contributed by atoms with Gasteiger partial charge in [-0.05, 0) is 23.8 Å². The van der Waals surface area contributed by atoms with Gasteiger partial charge >= 0.3 is 5.69 Å². The Hall–Kier alpha value is -2.34. The third-order valence-electron chi connectivity index (χ3n) is 2.93. The summed E-state index contributed by atoms with van der Waals surface area (Å²) >= 11 is 5.84. The molecule has 0 aliphatic carbocycles. The molecule has 0 saturated heterocycles. The maximum Gasteiger partial charge on any atom is 0.311 e. The molecule has 0 amide bonds.